The van der Waals surface area contributed by atoms with Crippen LogP contribution in [-0.2, 0) is 14.3 Å². The van der Waals surface area contributed by atoms with Crippen molar-refractivity contribution in [2.45, 2.75) is 57.1 Å². The van der Waals surface area contributed by atoms with Crippen molar-refractivity contribution in [2.75, 3.05) is 49.3 Å². The number of H-pyrrole nitrogens is 1. The van der Waals surface area contributed by atoms with Crippen LogP contribution < -0.4 is 15.4 Å². The zero-order chi connectivity index (χ0) is 34.7. The molecule has 3 saturated heterocycles. The number of fused-ring (bicyclic) bond motifs is 3. The summed E-state index contributed by atoms with van der Waals surface area (Å²) in [6.45, 7) is 8.31. The number of hydrogen-bond donors (Lipinski definition) is 2. The molecule has 2 N–H and O–H groups in total. The standard InChI is InChI=1S/C20H21N3O3.C17H17N3O.CH2O2/c1-14-17(4-3-7-21-14)6-5-16-10-18(19(24)22-11-16)23-8-9-26-20(15(23)2)12-25-13-20;1-2-6-13-12(5-1)14-15(21-13)17(20-9-3-4-10-20)19-16(18-14)11-7-8-11;2-1-3/h3-4,7,10-11,15H,8-9,12-13H2,1-2H3,(H,22,24);1-2,5-6,11H,3-4,7-10H2;1H,(H,2,3). The number of furan rings is 1. The van der Waals surface area contributed by atoms with Crippen molar-refractivity contribution in [3.05, 3.63) is 87.9 Å². The van der Waals surface area contributed by atoms with Crippen molar-refractivity contribution in [3.63, 3.8) is 0 Å². The van der Waals surface area contributed by atoms with Crippen molar-refractivity contribution < 1.29 is 23.8 Å². The number of morpholine rings is 1. The SMILES string of the molecule is Cc1ncccc1C#Cc1c[nH]c(=O)c(N2CCOC3(COC3)C2C)c1.O=CO.c1ccc2c(c1)oc1c(N3CCCC3)nc(C3CC3)nc12. The van der Waals surface area contributed by atoms with Crippen LogP contribution in [0, 0.1) is 18.8 Å². The molecule has 0 radical (unpaired) electrons. The van der Waals surface area contributed by atoms with Gasteiger partial charge in [-0.15, -0.1) is 0 Å². The number of rotatable bonds is 3. The van der Waals surface area contributed by atoms with Crippen molar-refractivity contribution in [1.82, 2.24) is 19.9 Å². The normalized spacial score (nSPS) is 19.1. The van der Waals surface area contributed by atoms with E-state index in [1.54, 1.807) is 12.4 Å². The van der Waals surface area contributed by atoms with Gasteiger partial charge < -0.3 is 33.8 Å². The molecule has 258 valence electrons. The third-order valence-corrected chi connectivity index (χ3v) is 9.75. The highest BCUT2D eigenvalue weighted by atomic mass is 16.6. The quantitative estimate of drug-likeness (QED) is 0.196. The zero-order valence-corrected chi connectivity index (χ0v) is 28.2. The van der Waals surface area contributed by atoms with E-state index in [9.17, 15) is 4.79 Å². The van der Waals surface area contributed by atoms with Gasteiger partial charge in [0.05, 0.1) is 31.6 Å². The van der Waals surface area contributed by atoms with Gasteiger partial charge in [-0.25, -0.2) is 9.97 Å². The Hall–Kier alpha value is -5.25. The van der Waals surface area contributed by atoms with Crippen LogP contribution in [0.2, 0.25) is 0 Å². The lowest BCUT2D eigenvalue weighted by Crippen LogP contribution is -2.68. The lowest BCUT2D eigenvalue weighted by Gasteiger charge is -2.53. The van der Waals surface area contributed by atoms with Crippen LogP contribution in [-0.4, -0.2) is 82.6 Å². The zero-order valence-electron chi connectivity index (χ0n) is 28.2. The molecular formula is C38H40N6O6. The second kappa shape index (κ2) is 14.3. The Morgan fingerprint density at radius 3 is 2.56 bits per heavy atom. The minimum atomic E-state index is -0.306. The molecule has 1 unspecified atom stereocenters. The van der Waals surface area contributed by atoms with Crippen LogP contribution in [0.5, 0.6) is 0 Å². The van der Waals surface area contributed by atoms with Crippen LogP contribution in [0.3, 0.4) is 0 Å². The first-order valence-corrected chi connectivity index (χ1v) is 17.1. The largest absolute Gasteiger partial charge is 0.483 e. The maximum absolute atomic E-state index is 12.4. The Morgan fingerprint density at radius 1 is 1.06 bits per heavy atom. The van der Waals surface area contributed by atoms with Crippen LogP contribution in [0.25, 0.3) is 22.1 Å². The number of aromatic amines is 1. The second-order valence-corrected chi connectivity index (χ2v) is 13.0. The van der Waals surface area contributed by atoms with Crippen LogP contribution in [0.15, 0.2) is 64.1 Å². The van der Waals surface area contributed by atoms with E-state index in [0.29, 0.717) is 38.0 Å². The number of nitrogens with zero attached hydrogens (tertiary/aromatic N) is 5. The monoisotopic (exact) mass is 676 g/mol. The molecule has 1 aliphatic carbocycles. The number of ether oxygens (including phenoxy) is 2. The third-order valence-electron chi connectivity index (χ3n) is 9.75. The number of benzene rings is 1. The minimum absolute atomic E-state index is 0.0647. The van der Waals surface area contributed by atoms with E-state index >= 15 is 0 Å². The number of pyridine rings is 2. The maximum Gasteiger partial charge on any atom is 0.290 e. The number of aryl methyl sites for hydroxylation is 1. The molecule has 50 heavy (non-hydrogen) atoms. The average Bonchev–Trinajstić information content (AvgIpc) is 3.68. The van der Waals surface area contributed by atoms with Gasteiger partial charge in [-0.05, 0) is 69.9 Å². The van der Waals surface area contributed by atoms with Crippen molar-refractivity contribution in [3.8, 4) is 11.8 Å². The molecule has 12 nitrogen and oxygen atoms in total. The van der Waals surface area contributed by atoms with Gasteiger partial charge in [0.1, 0.15) is 28.2 Å². The van der Waals surface area contributed by atoms with Gasteiger partial charge >= 0.3 is 0 Å². The molecule has 3 aliphatic heterocycles. The topological polar surface area (TPSA) is 147 Å². The Balaban J connectivity index is 0.000000148. The molecule has 1 spiro atoms. The van der Waals surface area contributed by atoms with Crippen molar-refractivity contribution in [2.24, 2.45) is 0 Å². The Labute approximate surface area is 289 Å². The number of anilines is 2. The lowest BCUT2D eigenvalue weighted by atomic mass is 9.90. The molecule has 7 heterocycles. The summed E-state index contributed by atoms with van der Waals surface area (Å²) < 4.78 is 17.4. The van der Waals surface area contributed by atoms with Gasteiger partial charge in [0, 0.05) is 54.5 Å². The number of carbonyl (C=O) groups is 1. The van der Waals surface area contributed by atoms with Gasteiger partial charge in [0.25, 0.3) is 12.0 Å². The molecule has 12 heteroatoms. The number of aromatic nitrogens is 4. The molecule has 4 aromatic heterocycles. The molecule has 4 aliphatic rings. The first kappa shape index (κ1) is 33.3. The van der Waals surface area contributed by atoms with Gasteiger partial charge in [0.2, 0.25) is 0 Å². The maximum atomic E-state index is 12.4. The predicted octanol–water partition coefficient (Wildman–Crippen LogP) is 5.03. The summed E-state index contributed by atoms with van der Waals surface area (Å²) in [6.07, 6.45) is 8.33. The fourth-order valence-corrected chi connectivity index (χ4v) is 6.68. The highest BCUT2D eigenvalue weighted by Gasteiger charge is 2.50. The fraction of sp³-hybridized carbons (Fsp3) is 0.395. The molecule has 0 amide bonds. The first-order chi connectivity index (χ1) is 24.4. The summed E-state index contributed by atoms with van der Waals surface area (Å²) in [6, 6.07) is 13.9. The van der Waals surface area contributed by atoms with Gasteiger partial charge in [0.15, 0.2) is 11.4 Å². The highest BCUT2D eigenvalue weighted by molar-refractivity contribution is 6.05. The minimum Gasteiger partial charge on any atom is -0.483 e. The van der Waals surface area contributed by atoms with E-state index < -0.39 is 0 Å². The summed E-state index contributed by atoms with van der Waals surface area (Å²) >= 11 is 0. The summed E-state index contributed by atoms with van der Waals surface area (Å²) in [4.78, 5) is 42.0. The van der Waals surface area contributed by atoms with Gasteiger partial charge in [-0.3, -0.25) is 14.6 Å². The van der Waals surface area contributed by atoms with Crippen LogP contribution in [0.4, 0.5) is 11.5 Å². The van der Waals surface area contributed by atoms with Gasteiger partial charge in [-0.1, -0.05) is 24.0 Å². The molecule has 9 rings (SSSR count). The summed E-state index contributed by atoms with van der Waals surface area (Å²) in [7, 11) is 0. The summed E-state index contributed by atoms with van der Waals surface area (Å²) in [5.41, 5.74) is 5.50. The number of carboxylic acid groups (broad SMARTS) is 1. The van der Waals surface area contributed by atoms with Crippen molar-refractivity contribution >= 4 is 40.0 Å². The Bertz CT molecular complexity index is 2120. The van der Waals surface area contributed by atoms with E-state index in [2.05, 4.69) is 44.6 Å². The molecular weight excluding hydrogens is 636 g/mol. The van der Waals surface area contributed by atoms with Crippen molar-refractivity contribution in [1.29, 1.82) is 0 Å². The Kier molecular flexibility index (Phi) is 9.52. The van der Waals surface area contributed by atoms with E-state index in [1.165, 1.54) is 25.7 Å². The van der Waals surface area contributed by atoms with E-state index in [4.69, 9.17) is 33.8 Å². The van der Waals surface area contributed by atoms with E-state index in [1.807, 2.05) is 43.3 Å². The number of nitrogens with one attached hydrogen (secondary N) is 1. The van der Waals surface area contributed by atoms with Crippen LogP contribution >= 0.6 is 0 Å². The summed E-state index contributed by atoms with van der Waals surface area (Å²) in [5.74, 6) is 8.84. The first-order valence-electron chi connectivity index (χ1n) is 17.1. The number of para-hydroxylation sites is 1. The lowest BCUT2D eigenvalue weighted by molar-refractivity contribution is -0.228. The molecule has 1 saturated carbocycles. The molecule has 5 aromatic rings. The third kappa shape index (κ3) is 6.66. The Morgan fingerprint density at radius 2 is 1.84 bits per heavy atom. The van der Waals surface area contributed by atoms with Crippen LogP contribution in [0.1, 0.15) is 61.2 Å². The second-order valence-electron chi connectivity index (χ2n) is 13.0. The highest BCUT2D eigenvalue weighted by Crippen LogP contribution is 2.42. The van der Waals surface area contributed by atoms with Gasteiger partial charge in [-0.2, -0.15) is 0 Å². The van der Waals surface area contributed by atoms with E-state index in [0.717, 1.165) is 63.6 Å². The molecule has 4 fully saturated rings. The average molecular weight is 677 g/mol. The molecule has 1 atom stereocenters. The number of hydrogen-bond acceptors (Lipinski definition) is 10. The predicted molar refractivity (Wildman–Crippen MR) is 190 cm³/mol. The van der Waals surface area contributed by atoms with E-state index in [-0.39, 0.29) is 23.7 Å². The molecule has 1 aromatic carbocycles. The molecule has 0 bridgehead atoms. The fourth-order valence-electron chi connectivity index (χ4n) is 6.68. The summed E-state index contributed by atoms with van der Waals surface area (Å²) in [5, 5.41) is 8.00. The smallest absolute Gasteiger partial charge is 0.290 e.